The Balaban J connectivity index is 1.83. The van der Waals surface area contributed by atoms with E-state index in [1.165, 1.54) is 0 Å². The van der Waals surface area contributed by atoms with E-state index >= 15 is 0 Å². The number of nitrogens with one attached hydrogen (secondary N) is 1. The van der Waals surface area contributed by atoms with Crippen LogP contribution in [-0.4, -0.2) is 22.6 Å². The van der Waals surface area contributed by atoms with Crippen molar-refractivity contribution in [1.29, 1.82) is 0 Å². The van der Waals surface area contributed by atoms with Gasteiger partial charge in [0.05, 0.1) is 11.7 Å². The van der Waals surface area contributed by atoms with E-state index in [4.69, 9.17) is 4.52 Å². The molecule has 0 bridgehead atoms. The highest BCUT2D eigenvalue weighted by Crippen LogP contribution is 2.36. The number of anilines is 1. The number of carbonyl (C=O) groups excluding carboxylic acids is 1. The summed E-state index contributed by atoms with van der Waals surface area (Å²) in [5.41, 5.74) is 5.00. The molecule has 2 heterocycles. The number of amides is 2. The van der Waals surface area contributed by atoms with Crippen LogP contribution in [0, 0.1) is 27.7 Å². The third kappa shape index (κ3) is 2.96. The number of carbonyl (C=O) groups is 1. The van der Waals surface area contributed by atoms with Crippen LogP contribution in [0.4, 0.5) is 10.5 Å². The van der Waals surface area contributed by atoms with Gasteiger partial charge >= 0.3 is 6.03 Å². The summed E-state index contributed by atoms with van der Waals surface area (Å²) in [6.07, 6.45) is 1.94. The molecule has 1 saturated heterocycles. The summed E-state index contributed by atoms with van der Waals surface area (Å²) in [5.74, 6) is 0.805. The zero-order valence-electron chi connectivity index (χ0n) is 14.1. The lowest BCUT2D eigenvalue weighted by atomic mass is 10.0. The van der Waals surface area contributed by atoms with Crippen molar-refractivity contribution in [2.75, 3.05) is 11.9 Å². The summed E-state index contributed by atoms with van der Waals surface area (Å²) in [6, 6.07) is 6.08. The number of nitrogens with zero attached hydrogens (tertiary/aromatic N) is 2. The van der Waals surface area contributed by atoms with Crippen LogP contribution in [0.2, 0.25) is 0 Å². The third-order valence-electron chi connectivity index (χ3n) is 4.57. The molecule has 2 aromatic rings. The van der Waals surface area contributed by atoms with Crippen LogP contribution in [0.5, 0.6) is 0 Å². The maximum atomic E-state index is 12.8. The lowest BCUT2D eigenvalue weighted by Crippen LogP contribution is -2.35. The molecule has 3 rings (SSSR count). The molecule has 5 nitrogen and oxygen atoms in total. The molecule has 23 heavy (non-hydrogen) atoms. The molecule has 1 N–H and O–H groups in total. The first-order valence-electron chi connectivity index (χ1n) is 8.05. The van der Waals surface area contributed by atoms with Crippen molar-refractivity contribution in [2.24, 2.45) is 0 Å². The highest BCUT2D eigenvalue weighted by molar-refractivity contribution is 5.90. The van der Waals surface area contributed by atoms with Crippen LogP contribution in [0.1, 0.15) is 47.0 Å². The fourth-order valence-corrected chi connectivity index (χ4v) is 3.33. The van der Waals surface area contributed by atoms with Crippen molar-refractivity contribution in [1.82, 2.24) is 10.1 Å². The van der Waals surface area contributed by atoms with E-state index in [2.05, 4.69) is 10.5 Å². The standard InChI is InChI=1S/C18H23N3O2/c1-11-7-8-12(2)15(10-11)19-18(22)21-9-5-6-16(21)17-13(3)20-23-14(17)4/h7-8,10,16H,5-6,9H2,1-4H3,(H,19,22)/t16-/m1/s1. The second-order valence-corrected chi connectivity index (χ2v) is 6.34. The average molecular weight is 313 g/mol. The number of benzene rings is 1. The molecule has 1 atom stereocenters. The van der Waals surface area contributed by atoms with E-state index in [1.807, 2.05) is 50.8 Å². The summed E-state index contributed by atoms with van der Waals surface area (Å²) >= 11 is 0. The number of aromatic nitrogens is 1. The minimum absolute atomic E-state index is 0.0476. The van der Waals surface area contributed by atoms with Crippen molar-refractivity contribution < 1.29 is 9.32 Å². The van der Waals surface area contributed by atoms with Crippen molar-refractivity contribution >= 4 is 11.7 Å². The summed E-state index contributed by atoms with van der Waals surface area (Å²) < 4.78 is 5.28. The molecule has 1 fully saturated rings. The Bertz CT molecular complexity index is 716. The van der Waals surface area contributed by atoms with Gasteiger partial charge in [0.15, 0.2) is 0 Å². The van der Waals surface area contributed by atoms with Crippen LogP contribution in [-0.2, 0) is 0 Å². The first kappa shape index (κ1) is 15.6. The zero-order valence-corrected chi connectivity index (χ0v) is 14.1. The zero-order chi connectivity index (χ0) is 16.6. The van der Waals surface area contributed by atoms with E-state index in [1.54, 1.807) is 0 Å². The molecular weight excluding hydrogens is 290 g/mol. The first-order chi connectivity index (χ1) is 11.0. The Hall–Kier alpha value is -2.30. The predicted molar refractivity (Wildman–Crippen MR) is 89.6 cm³/mol. The Labute approximate surface area is 136 Å². The van der Waals surface area contributed by atoms with Gasteiger partial charge in [0, 0.05) is 17.8 Å². The molecule has 0 saturated carbocycles. The van der Waals surface area contributed by atoms with Crippen molar-refractivity contribution in [3.05, 3.63) is 46.3 Å². The quantitative estimate of drug-likeness (QED) is 0.900. The Morgan fingerprint density at radius 3 is 2.78 bits per heavy atom. The molecule has 0 aliphatic carbocycles. The van der Waals surface area contributed by atoms with Gasteiger partial charge in [-0.2, -0.15) is 0 Å². The van der Waals surface area contributed by atoms with Gasteiger partial charge in [-0.15, -0.1) is 0 Å². The molecule has 1 aliphatic rings. The minimum Gasteiger partial charge on any atom is -0.361 e. The normalized spacial score (nSPS) is 17.6. The van der Waals surface area contributed by atoms with Gasteiger partial charge in [-0.05, 0) is 57.7 Å². The van der Waals surface area contributed by atoms with Gasteiger partial charge in [-0.3, -0.25) is 0 Å². The number of aryl methyl sites for hydroxylation is 4. The van der Waals surface area contributed by atoms with E-state index in [-0.39, 0.29) is 12.1 Å². The first-order valence-corrected chi connectivity index (χ1v) is 8.05. The number of hydrogen-bond acceptors (Lipinski definition) is 3. The number of hydrogen-bond donors (Lipinski definition) is 1. The second-order valence-electron chi connectivity index (χ2n) is 6.34. The topological polar surface area (TPSA) is 58.4 Å². The molecule has 0 spiro atoms. The number of rotatable bonds is 2. The summed E-state index contributed by atoms with van der Waals surface area (Å²) in [5, 5.41) is 7.09. The van der Waals surface area contributed by atoms with Gasteiger partial charge < -0.3 is 14.7 Å². The van der Waals surface area contributed by atoms with Gasteiger partial charge in [-0.25, -0.2) is 4.79 Å². The van der Waals surface area contributed by atoms with Crippen LogP contribution in [0.25, 0.3) is 0 Å². The Kier molecular flexibility index (Phi) is 4.11. The second kappa shape index (κ2) is 6.07. The van der Waals surface area contributed by atoms with Gasteiger partial charge in [0.1, 0.15) is 5.76 Å². The predicted octanol–water partition coefficient (Wildman–Crippen LogP) is 4.28. The average Bonchev–Trinajstić information content (AvgIpc) is 3.09. The minimum atomic E-state index is -0.0544. The Morgan fingerprint density at radius 2 is 2.09 bits per heavy atom. The van der Waals surface area contributed by atoms with Gasteiger partial charge in [0.25, 0.3) is 0 Å². The lowest BCUT2D eigenvalue weighted by molar-refractivity contribution is 0.206. The van der Waals surface area contributed by atoms with E-state index in [9.17, 15) is 4.79 Å². The van der Waals surface area contributed by atoms with E-state index < -0.39 is 0 Å². The van der Waals surface area contributed by atoms with Crippen LogP contribution in [0.15, 0.2) is 22.7 Å². The SMILES string of the molecule is Cc1ccc(C)c(NC(=O)N2CCC[C@@H]2c2c(C)noc2C)c1. The maximum Gasteiger partial charge on any atom is 0.322 e. The maximum absolute atomic E-state index is 12.8. The summed E-state index contributed by atoms with van der Waals surface area (Å²) in [7, 11) is 0. The molecule has 0 unspecified atom stereocenters. The molecule has 2 amide bonds. The van der Waals surface area contributed by atoms with Crippen molar-refractivity contribution in [3.8, 4) is 0 Å². The molecule has 1 aromatic carbocycles. The molecule has 1 aromatic heterocycles. The van der Waals surface area contributed by atoms with E-state index in [0.29, 0.717) is 0 Å². The highest BCUT2D eigenvalue weighted by atomic mass is 16.5. The third-order valence-corrected chi connectivity index (χ3v) is 4.57. The van der Waals surface area contributed by atoms with Crippen molar-refractivity contribution in [3.63, 3.8) is 0 Å². The summed E-state index contributed by atoms with van der Waals surface area (Å²) in [4.78, 5) is 14.7. The van der Waals surface area contributed by atoms with Crippen LogP contribution in [0.3, 0.4) is 0 Å². The van der Waals surface area contributed by atoms with Crippen LogP contribution < -0.4 is 5.32 Å². The lowest BCUT2D eigenvalue weighted by Gasteiger charge is -2.25. The summed E-state index contributed by atoms with van der Waals surface area (Å²) in [6.45, 7) is 8.63. The van der Waals surface area contributed by atoms with Crippen LogP contribution >= 0.6 is 0 Å². The van der Waals surface area contributed by atoms with Gasteiger partial charge in [0.2, 0.25) is 0 Å². The molecule has 122 valence electrons. The van der Waals surface area contributed by atoms with E-state index in [0.717, 1.165) is 53.2 Å². The highest BCUT2D eigenvalue weighted by Gasteiger charge is 2.33. The molecule has 0 radical (unpaired) electrons. The fourth-order valence-electron chi connectivity index (χ4n) is 3.33. The molecule has 5 heteroatoms. The molecular formula is C18H23N3O2. The number of likely N-dealkylation sites (tertiary alicyclic amines) is 1. The van der Waals surface area contributed by atoms with Crippen molar-refractivity contribution in [2.45, 2.75) is 46.6 Å². The number of urea groups is 1. The molecule has 1 aliphatic heterocycles. The smallest absolute Gasteiger partial charge is 0.322 e. The largest absolute Gasteiger partial charge is 0.361 e. The van der Waals surface area contributed by atoms with Gasteiger partial charge in [-0.1, -0.05) is 17.3 Å². The monoisotopic (exact) mass is 313 g/mol. The fraction of sp³-hybridized carbons (Fsp3) is 0.444. The Morgan fingerprint density at radius 1 is 1.30 bits per heavy atom.